The number of carbonyl (C=O) groups is 1. The summed E-state index contributed by atoms with van der Waals surface area (Å²) in [6.45, 7) is 2.45. The molecule has 0 radical (unpaired) electrons. The Morgan fingerprint density at radius 1 is 0.938 bits per heavy atom. The number of nitrogens with one attached hydrogen (secondary N) is 1. The van der Waals surface area contributed by atoms with Gasteiger partial charge in [-0.2, -0.15) is 0 Å². The van der Waals surface area contributed by atoms with Crippen LogP contribution in [-0.4, -0.2) is 43.0 Å². The van der Waals surface area contributed by atoms with Crippen LogP contribution >= 0.6 is 15.9 Å². The van der Waals surface area contributed by atoms with Crippen molar-refractivity contribution in [2.45, 2.75) is 44.4 Å². The second-order valence-electron chi connectivity index (χ2n) is 9.33. The number of rotatable bonds is 4. The van der Waals surface area contributed by atoms with E-state index in [1.165, 1.54) is 25.7 Å². The van der Waals surface area contributed by atoms with Crippen LogP contribution < -0.4 is 15.1 Å². The highest BCUT2D eigenvalue weighted by atomic mass is 79.9. The number of aromatic nitrogens is 1. The van der Waals surface area contributed by atoms with E-state index in [4.69, 9.17) is 0 Å². The number of anilines is 3. The highest BCUT2D eigenvalue weighted by Gasteiger charge is 2.44. The molecule has 1 amide bonds. The van der Waals surface area contributed by atoms with Gasteiger partial charge in [0, 0.05) is 43.5 Å². The minimum Gasteiger partial charge on any atom is -0.370 e. The fourth-order valence-corrected chi connectivity index (χ4v) is 5.10. The van der Waals surface area contributed by atoms with Crippen LogP contribution in [0.4, 0.5) is 26.0 Å². The lowest BCUT2D eigenvalue weighted by atomic mass is 9.93. The summed E-state index contributed by atoms with van der Waals surface area (Å²) >= 11 is 3.56. The molecule has 2 aromatic rings. The SMILES string of the molecule is O=C(Nc1ccc(Br)cc1N1CCC2(CC1)CC2)c1cccc(N2CCC(F)(F)CC2)n1. The van der Waals surface area contributed by atoms with Gasteiger partial charge in [0.1, 0.15) is 11.5 Å². The van der Waals surface area contributed by atoms with Crippen molar-refractivity contribution in [3.8, 4) is 0 Å². The van der Waals surface area contributed by atoms with Gasteiger partial charge in [-0.1, -0.05) is 22.0 Å². The summed E-state index contributed by atoms with van der Waals surface area (Å²) in [4.78, 5) is 21.7. The van der Waals surface area contributed by atoms with Crippen LogP contribution in [0.5, 0.6) is 0 Å². The molecule has 1 spiro atoms. The third-order valence-corrected chi connectivity index (χ3v) is 7.61. The highest BCUT2D eigenvalue weighted by Crippen LogP contribution is 2.54. The molecular weight excluding hydrogens is 478 g/mol. The Balaban J connectivity index is 1.31. The second-order valence-corrected chi connectivity index (χ2v) is 10.2. The molecule has 1 aromatic carbocycles. The fraction of sp³-hybridized carbons (Fsp3) is 0.500. The van der Waals surface area contributed by atoms with E-state index in [9.17, 15) is 13.6 Å². The maximum Gasteiger partial charge on any atom is 0.274 e. The third kappa shape index (κ3) is 4.60. The first kappa shape index (κ1) is 21.6. The van der Waals surface area contributed by atoms with Gasteiger partial charge in [-0.15, -0.1) is 0 Å². The number of hydrogen-bond donors (Lipinski definition) is 1. The maximum atomic E-state index is 13.5. The minimum absolute atomic E-state index is 0.190. The molecule has 3 aliphatic rings. The Bertz CT molecular complexity index is 1010. The number of piperidine rings is 2. The minimum atomic E-state index is -2.61. The Morgan fingerprint density at radius 3 is 2.31 bits per heavy atom. The molecule has 1 aromatic heterocycles. The summed E-state index contributed by atoms with van der Waals surface area (Å²) in [7, 11) is 0. The predicted molar refractivity (Wildman–Crippen MR) is 126 cm³/mol. The average molecular weight is 505 g/mol. The first-order valence-corrected chi connectivity index (χ1v) is 12.1. The van der Waals surface area contributed by atoms with Crippen LogP contribution in [0.25, 0.3) is 0 Å². The molecule has 0 unspecified atom stereocenters. The zero-order valence-electron chi connectivity index (χ0n) is 17.9. The number of carbonyl (C=O) groups excluding carboxylic acids is 1. The van der Waals surface area contributed by atoms with Gasteiger partial charge in [-0.25, -0.2) is 13.8 Å². The van der Waals surface area contributed by atoms with Gasteiger partial charge in [-0.05, 0) is 61.4 Å². The van der Waals surface area contributed by atoms with Crippen LogP contribution in [0.1, 0.15) is 49.0 Å². The smallest absolute Gasteiger partial charge is 0.274 e. The monoisotopic (exact) mass is 504 g/mol. The molecule has 3 fully saturated rings. The molecule has 1 saturated carbocycles. The molecule has 1 aliphatic carbocycles. The van der Waals surface area contributed by atoms with E-state index in [1.807, 2.05) is 17.0 Å². The van der Waals surface area contributed by atoms with Crippen molar-refractivity contribution in [1.29, 1.82) is 0 Å². The van der Waals surface area contributed by atoms with E-state index >= 15 is 0 Å². The lowest BCUT2D eigenvalue weighted by Crippen LogP contribution is -2.39. The number of nitrogens with zero attached hydrogens (tertiary/aromatic N) is 3. The summed E-state index contributed by atoms with van der Waals surface area (Å²) in [5, 5.41) is 3.03. The molecule has 0 bridgehead atoms. The first-order chi connectivity index (χ1) is 15.3. The van der Waals surface area contributed by atoms with E-state index in [1.54, 1.807) is 18.2 Å². The number of amides is 1. The van der Waals surface area contributed by atoms with Crippen molar-refractivity contribution in [2.75, 3.05) is 41.3 Å². The van der Waals surface area contributed by atoms with Gasteiger partial charge < -0.3 is 15.1 Å². The van der Waals surface area contributed by atoms with E-state index in [0.29, 0.717) is 11.2 Å². The van der Waals surface area contributed by atoms with Crippen molar-refractivity contribution in [3.63, 3.8) is 0 Å². The Labute approximate surface area is 195 Å². The number of alkyl halides is 2. The quantitative estimate of drug-likeness (QED) is 0.578. The first-order valence-electron chi connectivity index (χ1n) is 11.3. The molecule has 8 heteroatoms. The van der Waals surface area contributed by atoms with Gasteiger partial charge in [-0.3, -0.25) is 4.79 Å². The maximum absolute atomic E-state index is 13.5. The summed E-state index contributed by atoms with van der Waals surface area (Å²) in [6.07, 6.45) is 4.71. The van der Waals surface area contributed by atoms with Gasteiger partial charge in [0.05, 0.1) is 11.4 Å². The van der Waals surface area contributed by atoms with Gasteiger partial charge in [0.25, 0.3) is 11.8 Å². The summed E-state index contributed by atoms with van der Waals surface area (Å²) in [5.41, 5.74) is 2.63. The summed E-state index contributed by atoms with van der Waals surface area (Å²) in [6, 6.07) is 11.1. The van der Waals surface area contributed by atoms with Crippen molar-refractivity contribution < 1.29 is 13.6 Å². The Morgan fingerprint density at radius 2 is 1.62 bits per heavy atom. The molecule has 2 saturated heterocycles. The van der Waals surface area contributed by atoms with E-state index < -0.39 is 5.92 Å². The highest BCUT2D eigenvalue weighted by molar-refractivity contribution is 9.10. The van der Waals surface area contributed by atoms with Gasteiger partial charge in [0.2, 0.25) is 0 Å². The van der Waals surface area contributed by atoms with Crippen LogP contribution in [0, 0.1) is 5.41 Å². The van der Waals surface area contributed by atoms with Crippen molar-refractivity contribution in [2.24, 2.45) is 5.41 Å². The van der Waals surface area contributed by atoms with Crippen LogP contribution in [0.2, 0.25) is 0 Å². The zero-order chi connectivity index (χ0) is 22.3. The van der Waals surface area contributed by atoms with E-state index in [2.05, 4.69) is 37.2 Å². The lowest BCUT2D eigenvalue weighted by molar-refractivity contribution is -0.0221. The molecule has 5 rings (SSSR count). The van der Waals surface area contributed by atoms with Gasteiger partial charge >= 0.3 is 0 Å². The molecule has 5 nitrogen and oxygen atoms in total. The lowest BCUT2D eigenvalue weighted by Gasteiger charge is -2.35. The molecule has 2 aliphatic heterocycles. The normalized spacial score (nSPS) is 21.5. The van der Waals surface area contributed by atoms with E-state index in [-0.39, 0.29) is 37.5 Å². The largest absolute Gasteiger partial charge is 0.370 e. The fourth-order valence-electron chi connectivity index (χ4n) is 4.75. The molecule has 0 atom stereocenters. The molecule has 3 heterocycles. The summed E-state index contributed by atoms with van der Waals surface area (Å²) in [5.74, 6) is -2.35. The number of halogens is 3. The summed E-state index contributed by atoms with van der Waals surface area (Å²) < 4.78 is 28.0. The van der Waals surface area contributed by atoms with Crippen molar-refractivity contribution in [1.82, 2.24) is 4.98 Å². The van der Waals surface area contributed by atoms with Crippen LogP contribution in [-0.2, 0) is 0 Å². The molecule has 1 N–H and O–H groups in total. The second kappa shape index (κ2) is 8.28. The van der Waals surface area contributed by atoms with E-state index in [0.717, 1.165) is 28.9 Å². The standard InChI is InChI=1S/C24H27BrF2N4O/c25-17-4-5-18(20(16-17)30-12-8-23(6-7-23)9-13-30)29-22(32)19-2-1-3-21(28-19)31-14-10-24(26,27)11-15-31/h1-5,16H,6-15H2,(H,29,32). The number of benzene rings is 1. The van der Waals surface area contributed by atoms with Crippen LogP contribution in [0.3, 0.4) is 0 Å². The Kier molecular flexibility index (Phi) is 5.60. The third-order valence-electron chi connectivity index (χ3n) is 7.12. The average Bonchev–Trinajstić information content (AvgIpc) is 3.54. The van der Waals surface area contributed by atoms with Crippen LogP contribution in [0.15, 0.2) is 40.9 Å². The van der Waals surface area contributed by atoms with Crippen molar-refractivity contribution >= 4 is 39.0 Å². The number of pyridine rings is 1. The van der Waals surface area contributed by atoms with Gasteiger partial charge in [0.15, 0.2) is 0 Å². The molecule has 170 valence electrons. The topological polar surface area (TPSA) is 48.5 Å². The van der Waals surface area contributed by atoms with Crippen molar-refractivity contribution in [3.05, 3.63) is 46.6 Å². The zero-order valence-corrected chi connectivity index (χ0v) is 19.5. The predicted octanol–water partition coefficient (Wildman–Crippen LogP) is 5.71. The number of hydrogen-bond acceptors (Lipinski definition) is 4. The molecule has 32 heavy (non-hydrogen) atoms. The molecular formula is C24H27BrF2N4O. The Hall–Kier alpha value is -2.22.